The molecule has 0 radical (unpaired) electrons. The third kappa shape index (κ3) is 63.9. The zero-order valence-electron chi connectivity index (χ0n) is 59.1. The van der Waals surface area contributed by atoms with Crippen LogP contribution < -0.4 is 0 Å². The summed E-state index contributed by atoms with van der Waals surface area (Å²) in [6, 6.07) is 0. The van der Waals surface area contributed by atoms with Gasteiger partial charge in [-0.25, -0.2) is 9.13 Å². The van der Waals surface area contributed by atoms with Crippen LogP contribution in [0, 0.1) is 11.8 Å². The molecule has 3 N–H and O–H groups in total. The summed E-state index contributed by atoms with van der Waals surface area (Å²) in [4.78, 5) is 72.7. The van der Waals surface area contributed by atoms with Crippen LogP contribution in [0.2, 0.25) is 0 Å². The zero-order chi connectivity index (χ0) is 67.2. The molecule has 0 saturated heterocycles. The first-order valence-corrected chi connectivity index (χ1v) is 40.6. The highest BCUT2D eigenvalue weighted by Gasteiger charge is 2.30. The molecule has 0 amide bonds. The van der Waals surface area contributed by atoms with E-state index in [1.807, 2.05) is 0 Å². The Morgan fingerprint density at radius 1 is 0.308 bits per heavy atom. The Balaban J connectivity index is 5.27. The van der Waals surface area contributed by atoms with Gasteiger partial charge in [0.25, 0.3) is 0 Å². The molecule has 0 fully saturated rings. The highest BCUT2D eigenvalue weighted by molar-refractivity contribution is 7.47. The molecule has 0 spiro atoms. The van der Waals surface area contributed by atoms with Gasteiger partial charge < -0.3 is 33.8 Å². The Labute approximate surface area is 556 Å². The molecule has 0 aromatic rings. The van der Waals surface area contributed by atoms with Crippen LogP contribution in [0.1, 0.15) is 369 Å². The predicted octanol–water partition coefficient (Wildman–Crippen LogP) is 20.8. The van der Waals surface area contributed by atoms with Crippen LogP contribution in [0.5, 0.6) is 0 Å². The highest BCUT2D eigenvalue weighted by Crippen LogP contribution is 2.45. The fraction of sp³-hybridized carbons (Fsp3) is 0.944. The molecule has 0 rings (SSSR count). The molecular weight excluding hydrogens is 1200 g/mol. The second-order valence-electron chi connectivity index (χ2n) is 26.5. The van der Waals surface area contributed by atoms with Crippen LogP contribution in [-0.2, 0) is 65.4 Å². The van der Waals surface area contributed by atoms with Crippen molar-refractivity contribution in [3.8, 4) is 0 Å². The summed E-state index contributed by atoms with van der Waals surface area (Å²) in [6.45, 7) is 9.57. The van der Waals surface area contributed by atoms with Crippen LogP contribution >= 0.6 is 15.6 Å². The number of aliphatic hydroxyl groups excluding tert-OH is 1. The fourth-order valence-electron chi connectivity index (χ4n) is 10.9. The van der Waals surface area contributed by atoms with Gasteiger partial charge in [0.05, 0.1) is 26.4 Å². The molecule has 0 aromatic heterocycles. The largest absolute Gasteiger partial charge is 0.472 e. The van der Waals surface area contributed by atoms with Gasteiger partial charge in [0, 0.05) is 25.7 Å². The molecular formula is C72H140O17P2. The molecule has 0 aliphatic heterocycles. The fourth-order valence-corrected chi connectivity index (χ4v) is 12.5. The molecule has 7 atom stereocenters. The van der Waals surface area contributed by atoms with E-state index in [0.29, 0.717) is 25.7 Å². The molecule has 91 heavy (non-hydrogen) atoms. The van der Waals surface area contributed by atoms with Crippen LogP contribution in [0.15, 0.2) is 0 Å². The van der Waals surface area contributed by atoms with Gasteiger partial charge in [0.2, 0.25) is 0 Å². The first-order valence-electron chi connectivity index (χ1n) is 37.6. The quantitative estimate of drug-likeness (QED) is 0.0222. The van der Waals surface area contributed by atoms with Crippen LogP contribution in [-0.4, -0.2) is 96.7 Å². The van der Waals surface area contributed by atoms with E-state index in [0.717, 1.165) is 102 Å². The van der Waals surface area contributed by atoms with Gasteiger partial charge in [-0.3, -0.25) is 37.3 Å². The van der Waals surface area contributed by atoms with Crippen LogP contribution in [0.3, 0.4) is 0 Å². The highest BCUT2D eigenvalue weighted by atomic mass is 31.2. The SMILES string of the molecule is CCCCCCCCCCCCCCCCCC(=O)O[C@H](COC(=O)CCCCCCCCCCC(C)CC)COP(=O)(O)OC[C@@H](O)COP(=O)(O)OC[C@@H](COC(=O)CCCCCCCCCCCCCC)OC(=O)CCCCCCCCCCC(C)CC. The first-order chi connectivity index (χ1) is 43.9. The van der Waals surface area contributed by atoms with E-state index in [9.17, 15) is 43.2 Å². The summed E-state index contributed by atoms with van der Waals surface area (Å²) in [5, 5.41) is 10.6. The zero-order valence-corrected chi connectivity index (χ0v) is 60.9. The van der Waals surface area contributed by atoms with Crippen molar-refractivity contribution in [3.63, 3.8) is 0 Å². The van der Waals surface area contributed by atoms with Crippen molar-refractivity contribution in [2.75, 3.05) is 39.6 Å². The smallest absolute Gasteiger partial charge is 0.462 e. The van der Waals surface area contributed by atoms with Crippen molar-refractivity contribution in [1.29, 1.82) is 0 Å². The number of unbranched alkanes of at least 4 members (excludes halogenated alkanes) is 39. The molecule has 0 bridgehead atoms. The van der Waals surface area contributed by atoms with Gasteiger partial charge in [-0.05, 0) is 37.5 Å². The summed E-state index contributed by atoms with van der Waals surface area (Å²) >= 11 is 0. The molecule has 4 unspecified atom stereocenters. The number of carbonyl (C=O) groups is 4. The van der Waals surface area contributed by atoms with Crippen molar-refractivity contribution in [3.05, 3.63) is 0 Å². The molecule has 0 aliphatic rings. The lowest BCUT2D eigenvalue weighted by Gasteiger charge is -2.21. The lowest BCUT2D eigenvalue weighted by Crippen LogP contribution is -2.30. The topological polar surface area (TPSA) is 237 Å². The standard InChI is InChI=1S/C72H140O17P2/c1-7-11-13-15-17-19-21-23-24-25-27-29-38-44-50-56-71(76)88-67(61-83-70(75)55-49-43-37-32-30-34-40-46-52-64(5)9-3)62-86-90(78,79)84-58-66(73)59-85-91(80,81)87-63-68(89-72(77)57-51-45-39-33-31-35-41-47-53-65(6)10-4)60-82-69(74)54-48-42-36-28-26-22-20-18-16-14-12-8-2/h64-68,73H,7-63H2,1-6H3,(H,78,79)(H,80,81)/t64?,65?,66-,67-,68-/m1/s1. The Kier molecular flexibility index (Phi) is 62.7. The summed E-state index contributed by atoms with van der Waals surface area (Å²) in [7, 11) is -9.90. The van der Waals surface area contributed by atoms with E-state index in [1.165, 1.54) is 186 Å². The van der Waals surface area contributed by atoms with Crippen LogP contribution in [0.4, 0.5) is 0 Å². The van der Waals surface area contributed by atoms with Gasteiger partial charge in [-0.1, -0.05) is 318 Å². The van der Waals surface area contributed by atoms with Gasteiger partial charge in [-0.2, -0.15) is 0 Å². The summed E-state index contributed by atoms with van der Waals surface area (Å²) < 4.78 is 68.4. The maximum absolute atomic E-state index is 13.0. The van der Waals surface area contributed by atoms with E-state index in [2.05, 4.69) is 41.5 Å². The van der Waals surface area contributed by atoms with Gasteiger partial charge in [-0.15, -0.1) is 0 Å². The van der Waals surface area contributed by atoms with Gasteiger partial charge >= 0.3 is 39.5 Å². The summed E-state index contributed by atoms with van der Waals surface area (Å²) in [6.07, 6.45) is 49.7. The summed E-state index contributed by atoms with van der Waals surface area (Å²) in [5.41, 5.74) is 0. The third-order valence-corrected chi connectivity index (χ3v) is 19.3. The molecule has 0 aliphatic carbocycles. The Morgan fingerprint density at radius 3 is 0.780 bits per heavy atom. The average Bonchev–Trinajstić information content (AvgIpc) is 3.25. The summed E-state index contributed by atoms with van der Waals surface area (Å²) in [5.74, 6) is -0.573. The molecule has 0 aromatic carbocycles. The molecule has 0 saturated carbocycles. The predicted molar refractivity (Wildman–Crippen MR) is 368 cm³/mol. The van der Waals surface area contributed by atoms with Crippen molar-refractivity contribution in [2.24, 2.45) is 11.8 Å². The number of hydrogen-bond acceptors (Lipinski definition) is 15. The molecule has 17 nitrogen and oxygen atoms in total. The number of carbonyl (C=O) groups excluding carboxylic acids is 4. The maximum Gasteiger partial charge on any atom is 0.472 e. The third-order valence-electron chi connectivity index (χ3n) is 17.4. The van der Waals surface area contributed by atoms with E-state index >= 15 is 0 Å². The van der Waals surface area contributed by atoms with Gasteiger partial charge in [0.15, 0.2) is 12.2 Å². The van der Waals surface area contributed by atoms with E-state index in [4.69, 9.17) is 37.0 Å². The lowest BCUT2D eigenvalue weighted by molar-refractivity contribution is -0.161. The van der Waals surface area contributed by atoms with Crippen molar-refractivity contribution >= 4 is 39.5 Å². The number of aliphatic hydroxyl groups is 1. The lowest BCUT2D eigenvalue weighted by atomic mass is 9.99. The normalized spacial score (nSPS) is 14.7. The number of esters is 4. The minimum Gasteiger partial charge on any atom is -0.462 e. The molecule has 540 valence electrons. The van der Waals surface area contributed by atoms with Crippen molar-refractivity contribution < 1.29 is 80.2 Å². The second-order valence-corrected chi connectivity index (χ2v) is 29.4. The molecule has 0 heterocycles. The van der Waals surface area contributed by atoms with Gasteiger partial charge in [0.1, 0.15) is 19.3 Å². The van der Waals surface area contributed by atoms with E-state index < -0.39 is 97.5 Å². The first kappa shape index (κ1) is 89.1. The Bertz CT molecular complexity index is 1770. The minimum absolute atomic E-state index is 0.105. The Hall–Kier alpha value is -1.94. The Morgan fingerprint density at radius 2 is 0.527 bits per heavy atom. The minimum atomic E-state index is -4.95. The van der Waals surface area contributed by atoms with E-state index in [-0.39, 0.29) is 25.7 Å². The maximum atomic E-state index is 13.0. The van der Waals surface area contributed by atoms with E-state index in [1.54, 1.807) is 0 Å². The number of phosphoric acid groups is 2. The monoisotopic (exact) mass is 1340 g/mol. The van der Waals surface area contributed by atoms with Crippen molar-refractivity contribution in [2.45, 2.75) is 387 Å². The molecule has 19 heteroatoms. The second kappa shape index (κ2) is 64.1. The number of ether oxygens (including phenoxy) is 4. The number of hydrogen-bond donors (Lipinski definition) is 3. The number of rotatable bonds is 71. The van der Waals surface area contributed by atoms with Crippen LogP contribution in [0.25, 0.3) is 0 Å². The average molecular weight is 1340 g/mol. The number of phosphoric ester groups is 2. The van der Waals surface area contributed by atoms with Crippen molar-refractivity contribution in [1.82, 2.24) is 0 Å².